The Kier molecular flexibility index (Phi) is 8.52. The molecule has 0 radical (unpaired) electrons. The number of thiocarbonyl (C=S) groups is 1. The molecular formula is C21H22N4O4S. The number of hydrazine groups is 1. The third kappa shape index (κ3) is 7.36. The number of ether oxygens (including phenoxy) is 1. The molecule has 0 aliphatic carbocycles. The second-order valence-corrected chi connectivity index (χ2v) is 6.39. The zero-order chi connectivity index (χ0) is 21.9. The molecule has 4 N–H and O–H groups in total. The van der Waals surface area contributed by atoms with Crippen LogP contribution in [-0.2, 0) is 9.59 Å². The summed E-state index contributed by atoms with van der Waals surface area (Å²) in [6, 6.07) is 13.5. The SMILES string of the molecule is CCC(=O)Nc1ccc(C(=O)NNC(=S)NC(=O)C=Cc2ccc(OC)cc2)cc1. The lowest BCUT2D eigenvalue weighted by Crippen LogP contribution is -2.48. The summed E-state index contributed by atoms with van der Waals surface area (Å²) in [5, 5.41) is 5.06. The van der Waals surface area contributed by atoms with Gasteiger partial charge in [-0.25, -0.2) is 0 Å². The topological polar surface area (TPSA) is 109 Å². The van der Waals surface area contributed by atoms with E-state index in [0.717, 1.165) is 11.3 Å². The van der Waals surface area contributed by atoms with Gasteiger partial charge in [0.2, 0.25) is 11.8 Å². The number of nitrogens with one attached hydrogen (secondary N) is 4. The molecule has 0 spiro atoms. The van der Waals surface area contributed by atoms with E-state index >= 15 is 0 Å². The van der Waals surface area contributed by atoms with Crippen LogP contribution in [0.3, 0.4) is 0 Å². The van der Waals surface area contributed by atoms with Crippen molar-refractivity contribution in [3.63, 3.8) is 0 Å². The van der Waals surface area contributed by atoms with Gasteiger partial charge in [0.1, 0.15) is 5.75 Å². The Labute approximate surface area is 179 Å². The summed E-state index contributed by atoms with van der Waals surface area (Å²) in [6.45, 7) is 1.75. The second kappa shape index (κ2) is 11.3. The first-order chi connectivity index (χ1) is 14.4. The van der Waals surface area contributed by atoms with Crippen molar-refractivity contribution < 1.29 is 19.1 Å². The monoisotopic (exact) mass is 426 g/mol. The fourth-order valence-corrected chi connectivity index (χ4v) is 2.36. The number of benzene rings is 2. The summed E-state index contributed by atoms with van der Waals surface area (Å²) >= 11 is 4.99. The van der Waals surface area contributed by atoms with E-state index in [0.29, 0.717) is 17.7 Å². The Morgan fingerprint density at radius 3 is 2.27 bits per heavy atom. The first kappa shape index (κ1) is 22.6. The highest BCUT2D eigenvalue weighted by Crippen LogP contribution is 2.12. The zero-order valence-corrected chi connectivity index (χ0v) is 17.3. The molecule has 156 valence electrons. The molecule has 0 saturated carbocycles. The van der Waals surface area contributed by atoms with E-state index in [4.69, 9.17) is 17.0 Å². The molecule has 2 rings (SSSR count). The lowest BCUT2D eigenvalue weighted by atomic mass is 10.2. The van der Waals surface area contributed by atoms with E-state index in [2.05, 4.69) is 21.5 Å². The summed E-state index contributed by atoms with van der Waals surface area (Å²) in [5.74, 6) is -0.295. The fraction of sp³-hybridized carbons (Fsp3) is 0.143. The third-order valence-electron chi connectivity index (χ3n) is 3.82. The largest absolute Gasteiger partial charge is 0.497 e. The molecular weight excluding hydrogens is 404 g/mol. The minimum Gasteiger partial charge on any atom is -0.497 e. The van der Waals surface area contributed by atoms with Crippen molar-refractivity contribution in [1.82, 2.24) is 16.2 Å². The Morgan fingerprint density at radius 1 is 1.00 bits per heavy atom. The minimum atomic E-state index is -0.450. The lowest BCUT2D eigenvalue weighted by Gasteiger charge is -2.10. The van der Waals surface area contributed by atoms with Crippen LogP contribution >= 0.6 is 12.2 Å². The van der Waals surface area contributed by atoms with Crippen molar-refractivity contribution in [2.24, 2.45) is 0 Å². The van der Waals surface area contributed by atoms with Crippen molar-refractivity contribution in [1.29, 1.82) is 0 Å². The van der Waals surface area contributed by atoms with E-state index in [1.807, 2.05) is 0 Å². The molecule has 0 fully saturated rings. The van der Waals surface area contributed by atoms with E-state index in [1.165, 1.54) is 6.08 Å². The molecule has 0 aliphatic rings. The van der Waals surface area contributed by atoms with E-state index < -0.39 is 11.8 Å². The van der Waals surface area contributed by atoms with E-state index in [1.54, 1.807) is 68.6 Å². The molecule has 0 aromatic heterocycles. The molecule has 0 aliphatic heterocycles. The van der Waals surface area contributed by atoms with Gasteiger partial charge in [-0.1, -0.05) is 19.1 Å². The van der Waals surface area contributed by atoms with E-state index in [-0.39, 0.29) is 11.0 Å². The Bertz CT molecular complexity index is 940. The first-order valence-corrected chi connectivity index (χ1v) is 9.45. The van der Waals surface area contributed by atoms with Gasteiger partial charge in [-0.05, 0) is 60.3 Å². The number of amides is 3. The van der Waals surface area contributed by atoms with Gasteiger partial charge in [0, 0.05) is 23.7 Å². The molecule has 30 heavy (non-hydrogen) atoms. The first-order valence-electron chi connectivity index (χ1n) is 9.04. The van der Waals surface area contributed by atoms with Crippen LogP contribution < -0.4 is 26.2 Å². The lowest BCUT2D eigenvalue weighted by molar-refractivity contribution is -0.116. The standard InChI is InChI=1S/C21H22N4O4S/c1-3-18(26)22-16-9-7-15(8-10-16)20(28)24-25-21(30)23-19(27)13-6-14-4-11-17(29-2)12-5-14/h4-13H,3H2,1-2H3,(H,22,26)(H,24,28)(H2,23,25,27,30). The number of hydrogen-bond donors (Lipinski definition) is 4. The van der Waals surface area contributed by atoms with Crippen molar-refractivity contribution >= 4 is 46.8 Å². The maximum atomic E-state index is 12.1. The number of carbonyl (C=O) groups is 3. The Morgan fingerprint density at radius 2 is 1.67 bits per heavy atom. The maximum absolute atomic E-state index is 12.1. The summed E-state index contributed by atoms with van der Waals surface area (Å²) in [4.78, 5) is 35.4. The molecule has 2 aromatic rings. The van der Waals surface area contributed by atoms with Crippen LogP contribution in [0.1, 0.15) is 29.3 Å². The number of rotatable bonds is 6. The third-order valence-corrected chi connectivity index (χ3v) is 4.03. The smallest absolute Gasteiger partial charge is 0.269 e. The number of methoxy groups -OCH3 is 1. The van der Waals surface area contributed by atoms with Gasteiger partial charge < -0.3 is 10.1 Å². The highest BCUT2D eigenvalue weighted by molar-refractivity contribution is 7.80. The number of hydrogen-bond acceptors (Lipinski definition) is 5. The van der Waals surface area contributed by atoms with Gasteiger partial charge in [-0.15, -0.1) is 0 Å². The van der Waals surface area contributed by atoms with Crippen LogP contribution in [0, 0.1) is 0 Å². The van der Waals surface area contributed by atoms with Crippen molar-refractivity contribution in [3.8, 4) is 5.75 Å². The normalized spacial score (nSPS) is 10.2. The zero-order valence-electron chi connectivity index (χ0n) is 16.5. The quantitative estimate of drug-likeness (QED) is 0.321. The molecule has 8 nitrogen and oxygen atoms in total. The molecule has 0 atom stereocenters. The predicted molar refractivity (Wildman–Crippen MR) is 119 cm³/mol. The van der Waals surface area contributed by atoms with E-state index in [9.17, 15) is 14.4 Å². The van der Waals surface area contributed by atoms with Gasteiger partial charge >= 0.3 is 0 Å². The van der Waals surface area contributed by atoms with Crippen LogP contribution in [0.4, 0.5) is 5.69 Å². The Hall–Kier alpha value is -3.72. The highest BCUT2D eigenvalue weighted by atomic mass is 32.1. The molecule has 0 unspecified atom stereocenters. The molecule has 0 bridgehead atoms. The van der Waals surface area contributed by atoms with Crippen molar-refractivity contribution in [3.05, 3.63) is 65.7 Å². The molecule has 0 saturated heterocycles. The van der Waals surface area contributed by atoms with Crippen LogP contribution in [0.5, 0.6) is 5.75 Å². The van der Waals surface area contributed by atoms with Crippen molar-refractivity contribution in [2.75, 3.05) is 12.4 Å². The van der Waals surface area contributed by atoms with Gasteiger partial charge in [-0.3, -0.25) is 30.6 Å². The summed E-state index contributed by atoms with van der Waals surface area (Å²) < 4.78 is 5.07. The average molecular weight is 426 g/mol. The predicted octanol–water partition coefficient (Wildman–Crippen LogP) is 2.39. The van der Waals surface area contributed by atoms with Crippen LogP contribution in [0.2, 0.25) is 0 Å². The van der Waals surface area contributed by atoms with Crippen LogP contribution in [0.25, 0.3) is 6.08 Å². The number of anilines is 1. The fourth-order valence-electron chi connectivity index (χ4n) is 2.21. The van der Waals surface area contributed by atoms with Gasteiger partial charge in [-0.2, -0.15) is 0 Å². The molecule has 0 heterocycles. The average Bonchev–Trinajstić information content (AvgIpc) is 2.76. The summed E-state index contributed by atoms with van der Waals surface area (Å²) in [6.07, 6.45) is 3.31. The summed E-state index contributed by atoms with van der Waals surface area (Å²) in [7, 11) is 1.58. The molecule has 9 heteroatoms. The molecule has 2 aromatic carbocycles. The summed E-state index contributed by atoms with van der Waals surface area (Å²) in [5.41, 5.74) is 6.62. The Balaban J connectivity index is 1.78. The maximum Gasteiger partial charge on any atom is 0.269 e. The van der Waals surface area contributed by atoms with Crippen LogP contribution in [-0.4, -0.2) is 29.9 Å². The molecule has 3 amide bonds. The van der Waals surface area contributed by atoms with Crippen LogP contribution in [0.15, 0.2) is 54.6 Å². The highest BCUT2D eigenvalue weighted by Gasteiger charge is 2.07. The second-order valence-electron chi connectivity index (χ2n) is 5.98. The minimum absolute atomic E-state index is 0.0560. The van der Waals surface area contributed by atoms with Gasteiger partial charge in [0.15, 0.2) is 5.11 Å². The van der Waals surface area contributed by atoms with Gasteiger partial charge in [0.05, 0.1) is 7.11 Å². The van der Waals surface area contributed by atoms with Crippen molar-refractivity contribution in [2.45, 2.75) is 13.3 Å². The van der Waals surface area contributed by atoms with Gasteiger partial charge in [0.25, 0.3) is 5.91 Å². The number of carbonyl (C=O) groups excluding carboxylic acids is 3.